The predicted octanol–water partition coefficient (Wildman–Crippen LogP) is 2.69. The summed E-state index contributed by atoms with van der Waals surface area (Å²) in [6.07, 6.45) is 14.0. The first-order valence-electron chi connectivity index (χ1n) is 9.77. The fourth-order valence-corrected chi connectivity index (χ4v) is 4.45. The van der Waals surface area contributed by atoms with E-state index in [1.807, 2.05) is 6.07 Å². The quantitative estimate of drug-likeness (QED) is 0.860. The summed E-state index contributed by atoms with van der Waals surface area (Å²) in [5.41, 5.74) is 2.32. The molecule has 3 aliphatic rings. The van der Waals surface area contributed by atoms with E-state index in [4.69, 9.17) is 5.10 Å². The molecule has 1 aromatic heterocycles. The minimum Gasteiger partial charge on any atom is -0.353 e. The van der Waals surface area contributed by atoms with E-state index in [0.717, 1.165) is 62.6 Å². The average Bonchev–Trinajstić information content (AvgIpc) is 3.17. The molecule has 1 heterocycles. The lowest BCUT2D eigenvalue weighted by atomic mass is 9.90. The monoisotopic (exact) mass is 341 g/mol. The summed E-state index contributed by atoms with van der Waals surface area (Å²) in [7, 11) is 0. The molecule has 0 spiro atoms. The molecule has 5 nitrogen and oxygen atoms in total. The lowest BCUT2D eigenvalue weighted by Crippen LogP contribution is -2.42. The van der Waals surface area contributed by atoms with Crippen LogP contribution in [0.1, 0.15) is 68.7 Å². The molecule has 1 N–H and O–H groups in total. The smallest absolute Gasteiger partial charge is 0.267 e. The Morgan fingerprint density at radius 3 is 2.56 bits per heavy atom. The Bertz CT molecular complexity index is 721. The molecule has 0 atom stereocenters. The summed E-state index contributed by atoms with van der Waals surface area (Å²) in [6, 6.07) is 2.24. The molecule has 5 heteroatoms. The van der Waals surface area contributed by atoms with Gasteiger partial charge in [0, 0.05) is 18.0 Å². The van der Waals surface area contributed by atoms with E-state index in [-0.39, 0.29) is 29.5 Å². The van der Waals surface area contributed by atoms with Crippen molar-refractivity contribution in [2.24, 2.45) is 5.92 Å². The number of hydrogen-bond donors (Lipinski definition) is 1. The van der Waals surface area contributed by atoms with Gasteiger partial charge in [-0.15, -0.1) is 0 Å². The molecular weight excluding hydrogens is 314 g/mol. The zero-order valence-corrected chi connectivity index (χ0v) is 14.7. The first-order valence-corrected chi connectivity index (χ1v) is 9.77. The van der Waals surface area contributed by atoms with Crippen molar-refractivity contribution in [3.8, 4) is 0 Å². The average molecular weight is 341 g/mol. The Balaban J connectivity index is 1.37. The number of amides is 1. The largest absolute Gasteiger partial charge is 0.353 e. The van der Waals surface area contributed by atoms with Gasteiger partial charge in [-0.05, 0) is 69.8 Å². The second kappa shape index (κ2) is 7.14. The third-order valence-electron chi connectivity index (χ3n) is 6.00. The number of hydrogen-bond acceptors (Lipinski definition) is 3. The molecule has 0 radical (unpaired) electrons. The fraction of sp³-hybridized carbons (Fsp3) is 0.650. The molecule has 1 amide bonds. The Kier molecular flexibility index (Phi) is 4.73. The number of fused-ring (bicyclic) bond motifs is 1. The summed E-state index contributed by atoms with van der Waals surface area (Å²) in [5.74, 6) is 0.320. The van der Waals surface area contributed by atoms with Crippen LogP contribution in [0.3, 0.4) is 0 Å². The second-order valence-corrected chi connectivity index (χ2v) is 7.76. The Morgan fingerprint density at radius 2 is 1.80 bits per heavy atom. The highest BCUT2D eigenvalue weighted by Crippen LogP contribution is 2.28. The minimum absolute atomic E-state index is 0.0464. The van der Waals surface area contributed by atoms with Gasteiger partial charge in [0.25, 0.3) is 5.56 Å². The highest BCUT2D eigenvalue weighted by Gasteiger charge is 2.28. The van der Waals surface area contributed by atoms with E-state index >= 15 is 0 Å². The highest BCUT2D eigenvalue weighted by atomic mass is 16.2. The van der Waals surface area contributed by atoms with Crippen LogP contribution < -0.4 is 10.9 Å². The van der Waals surface area contributed by atoms with Crippen molar-refractivity contribution in [3.05, 3.63) is 39.8 Å². The fourth-order valence-electron chi connectivity index (χ4n) is 4.45. The molecule has 0 saturated heterocycles. The van der Waals surface area contributed by atoms with Gasteiger partial charge in [-0.25, -0.2) is 4.68 Å². The van der Waals surface area contributed by atoms with Gasteiger partial charge in [0.2, 0.25) is 5.91 Å². The topological polar surface area (TPSA) is 64.0 Å². The molecule has 1 aromatic rings. The van der Waals surface area contributed by atoms with Gasteiger partial charge in [0.15, 0.2) is 0 Å². The van der Waals surface area contributed by atoms with Crippen LogP contribution in [0.2, 0.25) is 0 Å². The maximum Gasteiger partial charge on any atom is 0.267 e. The van der Waals surface area contributed by atoms with Gasteiger partial charge in [-0.3, -0.25) is 9.59 Å². The highest BCUT2D eigenvalue weighted by molar-refractivity contribution is 5.79. The SMILES string of the molecule is O=C(NC1CCC(n2nc3c(cc2=O)CCCC3)CC1)C1CC=CC1. The second-order valence-electron chi connectivity index (χ2n) is 7.76. The third kappa shape index (κ3) is 3.55. The molecule has 3 aliphatic carbocycles. The zero-order valence-electron chi connectivity index (χ0n) is 14.7. The number of carbonyl (C=O) groups is 1. The van der Waals surface area contributed by atoms with E-state index < -0.39 is 0 Å². The van der Waals surface area contributed by atoms with Gasteiger partial charge in [0.1, 0.15) is 0 Å². The lowest BCUT2D eigenvalue weighted by Gasteiger charge is -2.30. The van der Waals surface area contributed by atoms with Gasteiger partial charge in [-0.2, -0.15) is 5.10 Å². The van der Waals surface area contributed by atoms with Gasteiger partial charge >= 0.3 is 0 Å². The van der Waals surface area contributed by atoms with Crippen LogP contribution >= 0.6 is 0 Å². The van der Waals surface area contributed by atoms with Crippen molar-refractivity contribution in [3.63, 3.8) is 0 Å². The summed E-state index contributed by atoms with van der Waals surface area (Å²) in [5, 5.41) is 7.90. The lowest BCUT2D eigenvalue weighted by molar-refractivity contribution is -0.125. The van der Waals surface area contributed by atoms with Gasteiger partial charge in [0.05, 0.1) is 11.7 Å². The van der Waals surface area contributed by atoms with Crippen molar-refractivity contribution in [1.29, 1.82) is 0 Å². The van der Waals surface area contributed by atoms with Crippen LogP contribution in [-0.2, 0) is 17.6 Å². The Hall–Kier alpha value is -1.91. The number of carbonyl (C=O) groups excluding carboxylic acids is 1. The number of aryl methyl sites for hydroxylation is 2. The number of nitrogens with one attached hydrogen (secondary N) is 1. The van der Waals surface area contributed by atoms with Gasteiger partial charge in [-0.1, -0.05) is 12.2 Å². The Labute approximate surface area is 148 Å². The van der Waals surface area contributed by atoms with Crippen LogP contribution in [0.4, 0.5) is 0 Å². The van der Waals surface area contributed by atoms with Crippen LogP contribution in [0.25, 0.3) is 0 Å². The minimum atomic E-state index is 0.0464. The number of aromatic nitrogens is 2. The predicted molar refractivity (Wildman–Crippen MR) is 96.4 cm³/mol. The first-order chi connectivity index (χ1) is 12.2. The molecule has 0 unspecified atom stereocenters. The van der Waals surface area contributed by atoms with Crippen LogP contribution in [0, 0.1) is 5.92 Å². The molecule has 0 aromatic carbocycles. The normalized spacial score (nSPS) is 26.4. The van der Waals surface area contributed by atoms with Crippen molar-refractivity contribution < 1.29 is 4.79 Å². The van der Waals surface area contributed by atoms with Crippen LogP contribution in [0.5, 0.6) is 0 Å². The molecular formula is C20H27N3O2. The maximum atomic E-state index is 12.4. The summed E-state index contributed by atoms with van der Waals surface area (Å²) in [6.45, 7) is 0. The molecule has 0 bridgehead atoms. The first kappa shape index (κ1) is 16.6. The van der Waals surface area contributed by atoms with Crippen molar-refractivity contribution >= 4 is 5.91 Å². The van der Waals surface area contributed by atoms with E-state index in [9.17, 15) is 9.59 Å². The molecule has 1 fully saturated rings. The molecule has 0 aliphatic heterocycles. The van der Waals surface area contributed by atoms with Gasteiger partial charge < -0.3 is 5.32 Å². The standard InChI is InChI=1S/C20H27N3O2/c24-19-13-15-7-3-4-8-18(15)22-23(19)17-11-9-16(10-12-17)21-20(25)14-5-1-2-6-14/h1-2,13-14,16-17H,3-12H2,(H,21,25). The Morgan fingerprint density at radius 1 is 1.08 bits per heavy atom. The van der Waals surface area contributed by atoms with E-state index in [2.05, 4.69) is 17.5 Å². The van der Waals surface area contributed by atoms with Crippen molar-refractivity contribution in [1.82, 2.24) is 15.1 Å². The van der Waals surface area contributed by atoms with E-state index in [1.165, 1.54) is 12.8 Å². The maximum absolute atomic E-state index is 12.4. The third-order valence-corrected chi connectivity index (χ3v) is 6.00. The van der Waals surface area contributed by atoms with Crippen LogP contribution in [0.15, 0.2) is 23.0 Å². The molecule has 1 saturated carbocycles. The van der Waals surface area contributed by atoms with E-state index in [0.29, 0.717) is 0 Å². The summed E-state index contributed by atoms with van der Waals surface area (Å²) >= 11 is 0. The molecule has 134 valence electrons. The number of nitrogens with zero attached hydrogens (tertiary/aromatic N) is 2. The number of allylic oxidation sites excluding steroid dienone is 2. The zero-order chi connectivity index (χ0) is 17.2. The molecule has 4 rings (SSSR count). The summed E-state index contributed by atoms with van der Waals surface area (Å²) in [4.78, 5) is 24.7. The molecule has 25 heavy (non-hydrogen) atoms. The van der Waals surface area contributed by atoms with Crippen molar-refractivity contribution in [2.75, 3.05) is 0 Å². The number of rotatable bonds is 3. The van der Waals surface area contributed by atoms with Crippen LogP contribution in [-0.4, -0.2) is 21.7 Å². The van der Waals surface area contributed by atoms with E-state index in [1.54, 1.807) is 4.68 Å². The van der Waals surface area contributed by atoms with Crippen molar-refractivity contribution in [2.45, 2.75) is 76.3 Å². The summed E-state index contributed by atoms with van der Waals surface area (Å²) < 4.78 is 1.73.